The fourth-order valence-corrected chi connectivity index (χ4v) is 8.11. The maximum atomic E-state index is 13.5. The Morgan fingerprint density at radius 2 is 1.90 bits per heavy atom. The van der Waals surface area contributed by atoms with E-state index in [1.54, 1.807) is 6.33 Å². The molecule has 0 amide bonds. The monoisotopic (exact) mass is 536 g/mol. The number of fused-ring (bicyclic) bond motifs is 3. The number of hydrogen-bond acceptors (Lipinski definition) is 5. The lowest BCUT2D eigenvalue weighted by molar-refractivity contribution is 0.345. The second kappa shape index (κ2) is 7.96. The number of likely N-dealkylation sites (N-methyl/N-ethyl adjacent to an activating group) is 1. The third-order valence-corrected chi connectivity index (χ3v) is 9.49. The van der Waals surface area contributed by atoms with E-state index in [-0.39, 0.29) is 17.4 Å². The second-order valence-electron chi connectivity index (χ2n) is 7.94. The number of halogens is 2. The van der Waals surface area contributed by atoms with Gasteiger partial charge in [0, 0.05) is 41.1 Å². The Bertz CT molecular complexity index is 1330. The fourth-order valence-electron chi connectivity index (χ4n) is 4.29. The van der Waals surface area contributed by atoms with Crippen LogP contribution in [0.5, 0.6) is 0 Å². The molecule has 0 unspecified atom stereocenters. The average molecular weight is 536 g/mol. The molecule has 5 rings (SSSR count). The minimum absolute atomic E-state index is 0.0566. The molecule has 1 aliphatic heterocycles. The highest BCUT2D eigenvalue weighted by atomic mass is 127. The second-order valence-corrected chi connectivity index (χ2v) is 11.0. The molecule has 1 aliphatic carbocycles. The fraction of sp³-hybridized carbons (Fsp3) is 0.364. The van der Waals surface area contributed by atoms with Crippen molar-refractivity contribution in [3.8, 4) is 0 Å². The van der Waals surface area contributed by atoms with Crippen molar-refractivity contribution >= 4 is 51.8 Å². The van der Waals surface area contributed by atoms with Gasteiger partial charge in [-0.3, -0.25) is 9.36 Å². The molecular formula is C22H22FIN4OS. The number of thiophene rings is 1. The molecule has 0 spiro atoms. The lowest BCUT2D eigenvalue weighted by Crippen LogP contribution is -2.35. The first-order chi connectivity index (χ1) is 14.5. The van der Waals surface area contributed by atoms with E-state index in [1.807, 2.05) is 30.8 Å². The van der Waals surface area contributed by atoms with E-state index in [9.17, 15) is 9.18 Å². The van der Waals surface area contributed by atoms with Crippen LogP contribution in [0.25, 0.3) is 15.9 Å². The third-order valence-electron chi connectivity index (χ3n) is 5.77. The molecule has 2 aromatic heterocycles. The van der Waals surface area contributed by atoms with Gasteiger partial charge < -0.3 is 4.90 Å². The molecule has 30 heavy (non-hydrogen) atoms. The summed E-state index contributed by atoms with van der Waals surface area (Å²) in [5.74, 6) is -0.247. The van der Waals surface area contributed by atoms with Crippen molar-refractivity contribution in [1.82, 2.24) is 14.5 Å². The van der Waals surface area contributed by atoms with Crippen molar-refractivity contribution in [1.29, 1.82) is 0 Å². The zero-order valence-electron chi connectivity index (χ0n) is 16.9. The molecule has 1 saturated carbocycles. The SMILES string of the molecule is CN(C)C1=c2c(sc3c(=O)n(C4CCCCC4)cnc23)=NI=C1c1ccc(F)cc1. The number of rotatable bonds is 3. The summed E-state index contributed by atoms with van der Waals surface area (Å²) in [7, 11) is 4.01. The Kier molecular flexibility index (Phi) is 5.30. The maximum absolute atomic E-state index is 13.5. The van der Waals surface area contributed by atoms with E-state index in [2.05, 4.69) is 4.90 Å². The maximum Gasteiger partial charge on any atom is 0.271 e. The van der Waals surface area contributed by atoms with E-state index in [1.165, 1.54) is 42.7 Å². The predicted octanol–water partition coefficient (Wildman–Crippen LogP) is 3.51. The molecule has 0 N–H and O–H groups in total. The van der Waals surface area contributed by atoms with Crippen molar-refractivity contribution in [2.45, 2.75) is 38.1 Å². The van der Waals surface area contributed by atoms with E-state index >= 15 is 0 Å². The molecule has 0 saturated heterocycles. The molecule has 1 aromatic carbocycles. The number of nitrogens with zero attached hydrogens (tertiary/aromatic N) is 4. The van der Waals surface area contributed by atoms with Gasteiger partial charge in [-0.15, -0.1) is 11.3 Å². The summed E-state index contributed by atoms with van der Waals surface area (Å²) in [5.41, 5.74) is 2.83. The number of aromatic nitrogens is 2. The molecule has 3 heterocycles. The summed E-state index contributed by atoms with van der Waals surface area (Å²) in [6, 6.07) is 6.85. The van der Waals surface area contributed by atoms with E-state index in [0.717, 1.165) is 43.0 Å². The van der Waals surface area contributed by atoms with Crippen LogP contribution in [-0.4, -0.2) is 32.1 Å². The standard InChI is InChI=1S/C22H22FIN4OS/c1-27(2)19-16-18-20(22(29)28(12-25-18)15-6-4-3-5-7-15)30-21(16)26-24-17(19)13-8-10-14(23)11-9-13/h8-12,15H,3-7H2,1-2H3. The summed E-state index contributed by atoms with van der Waals surface area (Å²) >= 11 is 0.813. The summed E-state index contributed by atoms with van der Waals surface area (Å²) in [6.07, 6.45) is 7.42. The van der Waals surface area contributed by atoms with Gasteiger partial charge >= 0.3 is 0 Å². The van der Waals surface area contributed by atoms with Gasteiger partial charge in [0.05, 0.1) is 20.8 Å². The van der Waals surface area contributed by atoms with Crippen molar-refractivity contribution < 1.29 is 4.39 Å². The minimum Gasteiger partial charge on any atom is -0.376 e. The largest absolute Gasteiger partial charge is 0.376 e. The predicted molar refractivity (Wildman–Crippen MR) is 128 cm³/mol. The van der Waals surface area contributed by atoms with Crippen LogP contribution in [0.1, 0.15) is 43.7 Å². The van der Waals surface area contributed by atoms with E-state index in [0.29, 0.717) is 4.70 Å². The molecule has 0 atom stereocenters. The highest BCUT2D eigenvalue weighted by Gasteiger charge is 2.23. The van der Waals surface area contributed by atoms with Gasteiger partial charge in [-0.25, -0.2) is 12.6 Å². The normalized spacial score (nSPS) is 17.2. The van der Waals surface area contributed by atoms with Crippen LogP contribution in [0.15, 0.2) is 38.6 Å². The minimum atomic E-state index is -0.657. The van der Waals surface area contributed by atoms with Crippen molar-refractivity contribution in [2.24, 2.45) is 3.21 Å². The summed E-state index contributed by atoms with van der Waals surface area (Å²) in [4.78, 5) is 20.2. The molecule has 0 bridgehead atoms. The first-order valence-electron chi connectivity index (χ1n) is 10.1. The Hall–Kier alpha value is -1.94. The highest BCUT2D eigenvalue weighted by Crippen LogP contribution is 2.28. The van der Waals surface area contributed by atoms with Crippen molar-refractivity contribution in [3.63, 3.8) is 0 Å². The molecular weight excluding hydrogens is 514 g/mol. The van der Waals surface area contributed by atoms with Gasteiger partial charge in [0.1, 0.15) is 20.7 Å². The Morgan fingerprint density at radius 3 is 2.60 bits per heavy atom. The molecule has 156 valence electrons. The third kappa shape index (κ3) is 3.33. The van der Waals surface area contributed by atoms with Crippen LogP contribution < -0.4 is 15.4 Å². The van der Waals surface area contributed by atoms with Crippen LogP contribution in [-0.2, 0) is 0 Å². The van der Waals surface area contributed by atoms with Crippen LogP contribution in [0, 0.1) is 5.82 Å². The lowest BCUT2D eigenvalue weighted by Gasteiger charge is -2.23. The Morgan fingerprint density at radius 1 is 1.17 bits per heavy atom. The lowest BCUT2D eigenvalue weighted by atomic mass is 9.95. The number of benzene rings is 1. The molecule has 2 aliphatic rings. The topological polar surface area (TPSA) is 50.5 Å². The summed E-state index contributed by atoms with van der Waals surface area (Å²) in [5, 5.41) is 0.943. The first kappa shape index (κ1) is 20.0. The smallest absolute Gasteiger partial charge is 0.271 e. The zero-order chi connectivity index (χ0) is 20.8. The van der Waals surface area contributed by atoms with Crippen LogP contribution in [0.4, 0.5) is 4.39 Å². The zero-order valence-corrected chi connectivity index (χ0v) is 19.8. The molecule has 8 heteroatoms. The van der Waals surface area contributed by atoms with Crippen molar-refractivity contribution in [3.05, 3.63) is 62.2 Å². The van der Waals surface area contributed by atoms with Gasteiger partial charge in [-0.05, 0) is 30.5 Å². The summed E-state index contributed by atoms with van der Waals surface area (Å²) < 4.78 is 22.9. The molecule has 5 nitrogen and oxygen atoms in total. The summed E-state index contributed by atoms with van der Waals surface area (Å²) in [6.45, 7) is 0. The van der Waals surface area contributed by atoms with E-state index < -0.39 is 21.0 Å². The van der Waals surface area contributed by atoms with Gasteiger partial charge in [-0.1, -0.05) is 31.4 Å². The average Bonchev–Trinajstić information content (AvgIpc) is 3.14. The van der Waals surface area contributed by atoms with Crippen LogP contribution in [0.2, 0.25) is 0 Å². The van der Waals surface area contributed by atoms with Gasteiger partial charge in [0.25, 0.3) is 5.56 Å². The van der Waals surface area contributed by atoms with E-state index in [4.69, 9.17) is 8.19 Å². The number of hydrogen-bond donors (Lipinski definition) is 0. The van der Waals surface area contributed by atoms with Crippen LogP contribution in [0.3, 0.4) is 0 Å². The Labute approximate surface area is 187 Å². The molecule has 1 fully saturated rings. The highest BCUT2D eigenvalue weighted by molar-refractivity contribution is 14.2. The molecule has 0 radical (unpaired) electrons. The first-order valence-corrected chi connectivity index (χ1v) is 13.0. The van der Waals surface area contributed by atoms with Gasteiger partial charge in [0.2, 0.25) is 0 Å². The van der Waals surface area contributed by atoms with Gasteiger partial charge in [0.15, 0.2) is 0 Å². The van der Waals surface area contributed by atoms with Crippen molar-refractivity contribution in [2.75, 3.05) is 14.1 Å². The van der Waals surface area contributed by atoms with Crippen LogP contribution >= 0.6 is 32.3 Å². The quantitative estimate of drug-likeness (QED) is 0.482. The Balaban J connectivity index is 1.74. The van der Waals surface area contributed by atoms with Gasteiger partial charge in [-0.2, -0.15) is 0 Å². The molecule has 3 aromatic rings.